The van der Waals surface area contributed by atoms with E-state index in [1.807, 2.05) is 78.9 Å². The lowest BCUT2D eigenvalue weighted by Crippen LogP contribution is -2.49. The van der Waals surface area contributed by atoms with E-state index in [0.29, 0.717) is 13.0 Å². The second-order valence-corrected chi connectivity index (χ2v) is 9.51. The summed E-state index contributed by atoms with van der Waals surface area (Å²) in [5.41, 5.74) is 4.84. The third-order valence-corrected chi connectivity index (χ3v) is 7.14. The van der Waals surface area contributed by atoms with Gasteiger partial charge >= 0.3 is 0 Å². The quantitative estimate of drug-likeness (QED) is 0.454. The lowest BCUT2D eigenvalue weighted by Gasteiger charge is -2.36. The second-order valence-electron chi connectivity index (χ2n) is 9.51. The van der Waals surface area contributed by atoms with Crippen molar-refractivity contribution in [1.82, 2.24) is 9.91 Å². The molecule has 1 fully saturated rings. The van der Waals surface area contributed by atoms with Gasteiger partial charge in [-0.05, 0) is 54.4 Å². The Hall–Kier alpha value is -3.97. The summed E-state index contributed by atoms with van der Waals surface area (Å²) < 4.78 is 5.32. The number of benzene rings is 3. The van der Waals surface area contributed by atoms with Crippen LogP contribution >= 0.6 is 0 Å². The highest BCUT2D eigenvalue weighted by molar-refractivity contribution is 6.03. The van der Waals surface area contributed by atoms with Gasteiger partial charge in [0, 0.05) is 43.9 Å². The highest BCUT2D eigenvalue weighted by Crippen LogP contribution is 2.33. The number of amides is 1. The summed E-state index contributed by atoms with van der Waals surface area (Å²) in [6, 6.07) is 25.6. The number of carbonyl (C=O) groups is 2. The highest BCUT2D eigenvalue weighted by Gasteiger charge is 2.34. The van der Waals surface area contributed by atoms with E-state index in [1.54, 1.807) is 19.0 Å². The summed E-state index contributed by atoms with van der Waals surface area (Å²) in [7, 11) is 1.65. The molecule has 1 unspecified atom stereocenters. The van der Waals surface area contributed by atoms with Crippen LogP contribution in [0.1, 0.15) is 40.9 Å². The fourth-order valence-electron chi connectivity index (χ4n) is 4.97. The van der Waals surface area contributed by atoms with Crippen molar-refractivity contribution in [2.75, 3.05) is 44.7 Å². The monoisotopic (exact) mass is 496 g/mol. The number of anilines is 1. The van der Waals surface area contributed by atoms with Crippen LogP contribution in [0.15, 0.2) is 84.0 Å². The Balaban J connectivity index is 1.27. The van der Waals surface area contributed by atoms with Crippen molar-refractivity contribution >= 4 is 23.1 Å². The van der Waals surface area contributed by atoms with Crippen molar-refractivity contribution in [1.29, 1.82) is 0 Å². The number of nitrogens with zero attached hydrogens (tertiary/aromatic N) is 4. The maximum atomic E-state index is 13.6. The number of piperazine rings is 1. The van der Waals surface area contributed by atoms with Crippen molar-refractivity contribution in [3.63, 3.8) is 0 Å². The first-order valence-corrected chi connectivity index (χ1v) is 12.7. The normalized spacial score (nSPS) is 18.0. The van der Waals surface area contributed by atoms with Gasteiger partial charge in [-0.3, -0.25) is 14.5 Å². The number of carbonyl (C=O) groups excluding carboxylic acids is 2. The molecule has 0 bridgehead atoms. The summed E-state index contributed by atoms with van der Waals surface area (Å²) in [6.07, 6.45) is 0.673. The van der Waals surface area contributed by atoms with Crippen molar-refractivity contribution < 1.29 is 14.3 Å². The van der Waals surface area contributed by atoms with Crippen LogP contribution in [-0.2, 0) is 4.79 Å². The number of ether oxygens (including phenoxy) is 1. The molecule has 0 saturated carbocycles. The summed E-state index contributed by atoms with van der Waals surface area (Å²) in [6.45, 7) is 5.14. The van der Waals surface area contributed by atoms with E-state index < -0.39 is 0 Å². The predicted octanol–water partition coefficient (Wildman–Crippen LogP) is 4.40. The molecule has 2 heterocycles. The zero-order valence-corrected chi connectivity index (χ0v) is 21.3. The van der Waals surface area contributed by atoms with E-state index in [-0.39, 0.29) is 17.7 Å². The number of hydrogen-bond donors (Lipinski definition) is 0. The molecule has 5 rings (SSSR count). The van der Waals surface area contributed by atoms with Gasteiger partial charge in [0.1, 0.15) is 5.75 Å². The van der Waals surface area contributed by atoms with Crippen LogP contribution in [0.5, 0.6) is 5.75 Å². The van der Waals surface area contributed by atoms with Crippen LogP contribution in [0, 0.1) is 0 Å². The molecule has 1 saturated heterocycles. The zero-order chi connectivity index (χ0) is 25.8. The SMILES string of the molecule is COc1ccc(C2CC(c3ccccc3)=NN2C(=O)CN2CCN(c3ccc(C(C)=O)cc3)CC2)cc1. The fourth-order valence-corrected chi connectivity index (χ4v) is 4.97. The molecule has 3 aromatic rings. The fraction of sp³-hybridized carbons (Fsp3) is 0.300. The maximum Gasteiger partial charge on any atom is 0.257 e. The van der Waals surface area contributed by atoms with E-state index in [1.165, 1.54) is 0 Å². The number of ketones is 1. The lowest BCUT2D eigenvalue weighted by atomic mass is 9.98. The number of hydrazone groups is 1. The highest BCUT2D eigenvalue weighted by atomic mass is 16.5. The summed E-state index contributed by atoms with van der Waals surface area (Å²) in [4.78, 5) is 29.6. The molecule has 0 spiro atoms. The predicted molar refractivity (Wildman–Crippen MR) is 145 cm³/mol. The third-order valence-electron chi connectivity index (χ3n) is 7.14. The Morgan fingerprint density at radius 3 is 2.19 bits per heavy atom. The Morgan fingerprint density at radius 2 is 1.57 bits per heavy atom. The van der Waals surface area contributed by atoms with Crippen LogP contribution < -0.4 is 9.64 Å². The van der Waals surface area contributed by atoms with Gasteiger partial charge in [0.15, 0.2) is 5.78 Å². The van der Waals surface area contributed by atoms with E-state index in [4.69, 9.17) is 9.84 Å². The number of hydrogen-bond acceptors (Lipinski definition) is 6. The van der Waals surface area contributed by atoms with Gasteiger partial charge in [-0.25, -0.2) is 5.01 Å². The molecular formula is C30H32N4O3. The Kier molecular flexibility index (Phi) is 7.32. The molecule has 1 atom stereocenters. The van der Waals surface area contributed by atoms with Crippen molar-refractivity contribution in [3.8, 4) is 5.75 Å². The van der Waals surface area contributed by atoms with Gasteiger partial charge in [-0.1, -0.05) is 42.5 Å². The minimum atomic E-state index is -0.144. The molecule has 1 amide bonds. The van der Waals surface area contributed by atoms with Gasteiger partial charge < -0.3 is 9.64 Å². The van der Waals surface area contributed by atoms with Crippen molar-refractivity contribution in [2.45, 2.75) is 19.4 Å². The van der Waals surface area contributed by atoms with Crippen LogP contribution in [-0.4, -0.2) is 67.1 Å². The first-order chi connectivity index (χ1) is 18.0. The molecule has 0 N–H and O–H groups in total. The molecule has 37 heavy (non-hydrogen) atoms. The smallest absolute Gasteiger partial charge is 0.257 e. The van der Waals surface area contributed by atoms with Gasteiger partial charge in [0.05, 0.1) is 25.4 Å². The van der Waals surface area contributed by atoms with Gasteiger partial charge in [-0.15, -0.1) is 0 Å². The van der Waals surface area contributed by atoms with Gasteiger partial charge in [0.25, 0.3) is 5.91 Å². The lowest BCUT2D eigenvalue weighted by molar-refractivity contribution is -0.134. The van der Waals surface area contributed by atoms with E-state index in [0.717, 1.165) is 60.0 Å². The van der Waals surface area contributed by atoms with Crippen molar-refractivity contribution in [3.05, 3.63) is 95.6 Å². The molecular weight excluding hydrogens is 464 g/mol. The average Bonchev–Trinajstić information content (AvgIpc) is 3.40. The minimum absolute atomic E-state index is 0.00557. The van der Waals surface area contributed by atoms with E-state index in [2.05, 4.69) is 9.80 Å². The van der Waals surface area contributed by atoms with E-state index in [9.17, 15) is 9.59 Å². The minimum Gasteiger partial charge on any atom is -0.497 e. The third kappa shape index (κ3) is 5.57. The first-order valence-electron chi connectivity index (χ1n) is 12.7. The summed E-state index contributed by atoms with van der Waals surface area (Å²) >= 11 is 0. The largest absolute Gasteiger partial charge is 0.497 e. The van der Waals surface area contributed by atoms with Crippen LogP contribution in [0.2, 0.25) is 0 Å². The molecule has 7 heteroatoms. The Labute approximate surface area is 217 Å². The van der Waals surface area contributed by atoms with Crippen LogP contribution in [0.4, 0.5) is 5.69 Å². The summed E-state index contributed by atoms with van der Waals surface area (Å²) in [5, 5.41) is 6.49. The zero-order valence-electron chi connectivity index (χ0n) is 21.3. The molecule has 2 aliphatic heterocycles. The van der Waals surface area contributed by atoms with Crippen LogP contribution in [0.25, 0.3) is 0 Å². The number of Topliss-reactive ketones (excluding diaryl/α,β-unsaturated/α-hetero) is 1. The topological polar surface area (TPSA) is 65.5 Å². The Morgan fingerprint density at radius 1 is 0.892 bits per heavy atom. The van der Waals surface area contributed by atoms with Gasteiger partial charge in [-0.2, -0.15) is 5.10 Å². The summed E-state index contributed by atoms with van der Waals surface area (Å²) in [5.74, 6) is 0.867. The molecule has 3 aromatic carbocycles. The van der Waals surface area contributed by atoms with Gasteiger partial charge in [0.2, 0.25) is 0 Å². The molecule has 0 aromatic heterocycles. The standard InChI is InChI=1S/C30H32N4O3/c1-22(35)23-8-12-26(13-9-23)33-18-16-32(17-19-33)21-30(36)34-29(25-10-14-27(37-2)15-11-25)20-28(31-34)24-6-4-3-5-7-24/h3-15,29H,16-21H2,1-2H3. The van der Waals surface area contributed by atoms with Crippen LogP contribution in [0.3, 0.4) is 0 Å². The molecule has 7 nitrogen and oxygen atoms in total. The molecule has 0 aliphatic carbocycles. The Bertz CT molecular complexity index is 1260. The first kappa shape index (κ1) is 24.7. The number of methoxy groups -OCH3 is 1. The number of rotatable bonds is 7. The molecule has 2 aliphatic rings. The average molecular weight is 497 g/mol. The molecule has 0 radical (unpaired) electrons. The maximum absolute atomic E-state index is 13.6. The van der Waals surface area contributed by atoms with Crippen molar-refractivity contribution in [2.24, 2.45) is 5.10 Å². The van der Waals surface area contributed by atoms with E-state index >= 15 is 0 Å². The molecule has 190 valence electrons. The second kappa shape index (κ2) is 11.0.